The molecule has 0 heterocycles. The van der Waals surface area contributed by atoms with E-state index in [1.807, 2.05) is 42.1 Å². The zero-order valence-electron chi connectivity index (χ0n) is 14.9. The molecule has 27 heavy (non-hydrogen) atoms. The fourth-order valence-electron chi connectivity index (χ4n) is 2.59. The highest BCUT2D eigenvalue weighted by atomic mass is 35.5. The van der Waals surface area contributed by atoms with Crippen molar-refractivity contribution >= 4 is 35.0 Å². The number of ether oxygens (including phenoxy) is 1. The van der Waals surface area contributed by atoms with Gasteiger partial charge in [0.2, 0.25) is 0 Å². The van der Waals surface area contributed by atoms with Gasteiger partial charge in [0, 0.05) is 22.1 Å². The van der Waals surface area contributed by atoms with Crippen molar-refractivity contribution < 1.29 is 9.53 Å². The average Bonchev–Trinajstić information content (AvgIpc) is 2.69. The van der Waals surface area contributed by atoms with Crippen molar-refractivity contribution in [3.8, 4) is 5.75 Å². The standard InChI is InChI=1S/C22H20ClNO2S/c1-26-21-12-11-19(23)13-20(21)24-22(25)18-9-7-17(8-10-18)15-27-14-16-5-3-2-4-6-16/h2-13H,14-15H2,1H3,(H,24,25). The Morgan fingerprint density at radius 3 is 2.30 bits per heavy atom. The number of thioether (sulfide) groups is 1. The second-order valence-electron chi connectivity index (χ2n) is 5.97. The third kappa shape index (κ3) is 5.52. The SMILES string of the molecule is COc1ccc(Cl)cc1NC(=O)c1ccc(CSCc2ccccc2)cc1. The molecule has 3 aromatic rings. The Kier molecular flexibility index (Phi) is 6.80. The highest BCUT2D eigenvalue weighted by Crippen LogP contribution is 2.28. The van der Waals surface area contributed by atoms with Crippen LogP contribution < -0.4 is 10.1 Å². The maximum Gasteiger partial charge on any atom is 0.255 e. The molecule has 0 bridgehead atoms. The first-order valence-electron chi connectivity index (χ1n) is 8.51. The molecule has 0 atom stereocenters. The van der Waals surface area contributed by atoms with Gasteiger partial charge >= 0.3 is 0 Å². The van der Waals surface area contributed by atoms with E-state index in [1.165, 1.54) is 11.1 Å². The Bertz CT molecular complexity index is 898. The van der Waals surface area contributed by atoms with Crippen LogP contribution in [0.25, 0.3) is 0 Å². The van der Waals surface area contributed by atoms with Gasteiger partial charge in [-0.1, -0.05) is 54.1 Å². The minimum Gasteiger partial charge on any atom is -0.495 e. The molecule has 3 rings (SSSR count). The van der Waals surface area contributed by atoms with Crippen LogP contribution in [0.2, 0.25) is 5.02 Å². The molecule has 0 unspecified atom stereocenters. The Labute approximate surface area is 168 Å². The van der Waals surface area contributed by atoms with Crippen molar-refractivity contribution in [3.05, 3.63) is 94.5 Å². The predicted molar refractivity (Wildman–Crippen MR) is 114 cm³/mol. The van der Waals surface area contributed by atoms with Crippen LogP contribution in [0.5, 0.6) is 5.75 Å². The predicted octanol–water partition coefficient (Wildman–Crippen LogP) is 6.03. The van der Waals surface area contributed by atoms with Crippen LogP contribution in [0.15, 0.2) is 72.8 Å². The van der Waals surface area contributed by atoms with Crippen LogP contribution in [0, 0.1) is 0 Å². The van der Waals surface area contributed by atoms with Crippen molar-refractivity contribution in [1.82, 2.24) is 0 Å². The summed E-state index contributed by atoms with van der Waals surface area (Å²) >= 11 is 7.86. The number of benzene rings is 3. The normalized spacial score (nSPS) is 10.4. The molecule has 0 fully saturated rings. The Morgan fingerprint density at radius 2 is 1.63 bits per heavy atom. The molecule has 0 saturated heterocycles. The fraction of sp³-hybridized carbons (Fsp3) is 0.136. The number of anilines is 1. The minimum atomic E-state index is -0.195. The summed E-state index contributed by atoms with van der Waals surface area (Å²) in [6, 6.07) is 23.2. The van der Waals surface area contributed by atoms with Gasteiger partial charge in [0.05, 0.1) is 12.8 Å². The zero-order valence-corrected chi connectivity index (χ0v) is 16.5. The van der Waals surface area contributed by atoms with Gasteiger partial charge in [-0.05, 0) is 41.5 Å². The number of rotatable bonds is 7. The van der Waals surface area contributed by atoms with Gasteiger partial charge in [0.15, 0.2) is 0 Å². The summed E-state index contributed by atoms with van der Waals surface area (Å²) < 4.78 is 5.26. The molecule has 0 aliphatic rings. The summed E-state index contributed by atoms with van der Waals surface area (Å²) in [6.45, 7) is 0. The molecule has 5 heteroatoms. The molecule has 0 saturated carbocycles. The maximum atomic E-state index is 12.5. The second-order valence-corrected chi connectivity index (χ2v) is 7.40. The highest BCUT2D eigenvalue weighted by Gasteiger charge is 2.10. The largest absolute Gasteiger partial charge is 0.495 e. The third-order valence-corrected chi connectivity index (χ3v) is 5.32. The number of carbonyl (C=O) groups is 1. The summed E-state index contributed by atoms with van der Waals surface area (Å²) in [5.41, 5.74) is 3.65. The van der Waals surface area contributed by atoms with Crippen LogP contribution in [-0.2, 0) is 11.5 Å². The number of hydrogen-bond acceptors (Lipinski definition) is 3. The van der Waals surface area contributed by atoms with Gasteiger partial charge in [-0.2, -0.15) is 11.8 Å². The van der Waals surface area contributed by atoms with Crippen molar-refractivity contribution in [2.45, 2.75) is 11.5 Å². The smallest absolute Gasteiger partial charge is 0.255 e. The van der Waals surface area contributed by atoms with Crippen molar-refractivity contribution in [3.63, 3.8) is 0 Å². The number of hydrogen-bond donors (Lipinski definition) is 1. The number of carbonyl (C=O) groups excluding carboxylic acids is 1. The molecular weight excluding hydrogens is 378 g/mol. The molecular formula is C22H20ClNO2S. The first-order valence-corrected chi connectivity index (χ1v) is 10.0. The number of nitrogens with one attached hydrogen (secondary N) is 1. The summed E-state index contributed by atoms with van der Waals surface area (Å²) in [4.78, 5) is 12.5. The molecule has 3 nitrogen and oxygen atoms in total. The van der Waals surface area contributed by atoms with Gasteiger partial charge in [0.25, 0.3) is 5.91 Å². The molecule has 1 N–H and O–H groups in total. The van der Waals surface area contributed by atoms with E-state index in [4.69, 9.17) is 16.3 Å². The van der Waals surface area contributed by atoms with E-state index in [9.17, 15) is 4.79 Å². The lowest BCUT2D eigenvalue weighted by Gasteiger charge is -2.11. The molecule has 138 valence electrons. The molecule has 0 radical (unpaired) electrons. The van der Waals surface area contributed by atoms with Crippen molar-refractivity contribution in [1.29, 1.82) is 0 Å². The average molecular weight is 398 g/mol. The van der Waals surface area contributed by atoms with Gasteiger partial charge in [-0.25, -0.2) is 0 Å². The van der Waals surface area contributed by atoms with E-state index in [2.05, 4.69) is 29.6 Å². The lowest BCUT2D eigenvalue weighted by atomic mass is 10.1. The summed E-state index contributed by atoms with van der Waals surface area (Å²) in [5.74, 6) is 2.25. The first-order chi connectivity index (χ1) is 13.2. The van der Waals surface area contributed by atoms with Gasteiger partial charge in [-0.3, -0.25) is 4.79 Å². The number of halogens is 1. The van der Waals surface area contributed by atoms with E-state index in [1.54, 1.807) is 25.3 Å². The van der Waals surface area contributed by atoms with E-state index >= 15 is 0 Å². The maximum absolute atomic E-state index is 12.5. The Hall–Kier alpha value is -2.43. The van der Waals surface area contributed by atoms with E-state index in [-0.39, 0.29) is 5.91 Å². The molecule has 1 amide bonds. The van der Waals surface area contributed by atoms with Crippen molar-refractivity contribution in [2.75, 3.05) is 12.4 Å². The second kappa shape index (κ2) is 9.49. The molecule has 0 aliphatic carbocycles. The van der Waals surface area contributed by atoms with Crippen LogP contribution in [0.4, 0.5) is 5.69 Å². The van der Waals surface area contributed by atoms with E-state index in [0.29, 0.717) is 22.0 Å². The third-order valence-electron chi connectivity index (χ3n) is 4.01. The van der Waals surface area contributed by atoms with Gasteiger partial charge in [0.1, 0.15) is 5.75 Å². The van der Waals surface area contributed by atoms with Crippen LogP contribution in [-0.4, -0.2) is 13.0 Å². The number of amides is 1. The van der Waals surface area contributed by atoms with Gasteiger partial charge < -0.3 is 10.1 Å². The molecule has 0 spiro atoms. The van der Waals surface area contributed by atoms with Crippen LogP contribution in [0.3, 0.4) is 0 Å². The molecule has 3 aromatic carbocycles. The van der Waals surface area contributed by atoms with Crippen LogP contribution in [0.1, 0.15) is 21.5 Å². The van der Waals surface area contributed by atoms with Gasteiger partial charge in [-0.15, -0.1) is 0 Å². The lowest BCUT2D eigenvalue weighted by Crippen LogP contribution is -2.12. The van der Waals surface area contributed by atoms with Crippen molar-refractivity contribution in [2.24, 2.45) is 0 Å². The number of methoxy groups -OCH3 is 1. The Balaban J connectivity index is 1.58. The fourth-order valence-corrected chi connectivity index (χ4v) is 3.72. The summed E-state index contributed by atoms with van der Waals surface area (Å²) in [6.07, 6.45) is 0. The quantitative estimate of drug-likeness (QED) is 0.528. The summed E-state index contributed by atoms with van der Waals surface area (Å²) in [7, 11) is 1.56. The highest BCUT2D eigenvalue weighted by molar-refractivity contribution is 7.97. The topological polar surface area (TPSA) is 38.3 Å². The van der Waals surface area contributed by atoms with Crippen LogP contribution >= 0.6 is 23.4 Å². The Morgan fingerprint density at radius 1 is 0.963 bits per heavy atom. The summed E-state index contributed by atoms with van der Waals surface area (Å²) in [5, 5.41) is 3.39. The van der Waals surface area contributed by atoms with E-state index in [0.717, 1.165) is 11.5 Å². The van der Waals surface area contributed by atoms with E-state index < -0.39 is 0 Å². The lowest BCUT2D eigenvalue weighted by molar-refractivity contribution is 0.102. The first kappa shape index (κ1) is 19.3. The molecule has 0 aliphatic heterocycles. The monoisotopic (exact) mass is 397 g/mol. The minimum absolute atomic E-state index is 0.195. The zero-order chi connectivity index (χ0) is 19.1. The molecule has 0 aromatic heterocycles.